The number of ether oxygens (including phenoxy) is 1. The number of rotatable bonds is 4. The van der Waals surface area contributed by atoms with E-state index in [1.54, 1.807) is 0 Å². The summed E-state index contributed by atoms with van der Waals surface area (Å²) in [5, 5.41) is 0. The van der Waals surface area contributed by atoms with Gasteiger partial charge < -0.3 is 9.16 Å². The van der Waals surface area contributed by atoms with E-state index in [0.717, 1.165) is 15.6 Å². The van der Waals surface area contributed by atoms with Crippen LogP contribution in [0.25, 0.3) is 0 Å². The van der Waals surface area contributed by atoms with E-state index in [-0.39, 0.29) is 11.4 Å². The van der Waals surface area contributed by atoms with E-state index in [2.05, 4.69) is 49.8 Å². The van der Waals surface area contributed by atoms with E-state index in [1.807, 2.05) is 32.9 Å². The number of carbonyl (C=O) groups excluding carboxylic acids is 1. The van der Waals surface area contributed by atoms with E-state index >= 15 is 0 Å². The molecule has 0 amide bonds. The minimum absolute atomic E-state index is 0.0831. The van der Waals surface area contributed by atoms with Crippen molar-refractivity contribution in [3.63, 3.8) is 0 Å². The molecule has 0 saturated heterocycles. The molecule has 0 aliphatic heterocycles. The third-order valence-corrected chi connectivity index (χ3v) is 4.84. The van der Waals surface area contributed by atoms with Crippen LogP contribution in [0.2, 0.25) is 13.1 Å². The molecule has 0 aliphatic rings. The summed E-state index contributed by atoms with van der Waals surface area (Å²) in [6, 6.07) is 3.80. The normalized spacial score (nSPS) is 12.6. The van der Waals surface area contributed by atoms with Crippen LogP contribution in [0.15, 0.2) is 16.6 Å². The van der Waals surface area contributed by atoms with Crippen LogP contribution in [0.5, 0.6) is 5.75 Å². The number of benzene rings is 1. The monoisotopic (exact) mass is 400 g/mol. The molecule has 0 N–H and O–H groups in total. The van der Waals surface area contributed by atoms with Crippen LogP contribution in [0.4, 0.5) is 0 Å². The molecule has 0 heterocycles. The molecule has 0 aromatic heterocycles. The molecule has 0 radical (unpaired) electrons. The number of esters is 1. The molecule has 0 aliphatic carbocycles. The van der Waals surface area contributed by atoms with Crippen molar-refractivity contribution in [3.8, 4) is 5.75 Å². The van der Waals surface area contributed by atoms with Crippen LogP contribution < -0.4 is 4.74 Å². The van der Waals surface area contributed by atoms with Gasteiger partial charge in [-0.25, -0.2) is 0 Å². The highest BCUT2D eigenvalue weighted by Crippen LogP contribution is 2.38. The Morgan fingerprint density at radius 3 is 2.13 bits per heavy atom. The van der Waals surface area contributed by atoms with Gasteiger partial charge in [0.1, 0.15) is 5.75 Å². The summed E-state index contributed by atoms with van der Waals surface area (Å²) in [7, 11) is -1.18. The fourth-order valence-electron chi connectivity index (χ4n) is 2.15. The Bertz CT molecular complexity index is 569. The van der Waals surface area contributed by atoms with Gasteiger partial charge in [0.05, 0.1) is 12.0 Å². The van der Waals surface area contributed by atoms with E-state index in [4.69, 9.17) is 9.16 Å². The van der Waals surface area contributed by atoms with Gasteiger partial charge in [-0.2, -0.15) is 0 Å². The van der Waals surface area contributed by atoms with Gasteiger partial charge in [-0.1, -0.05) is 36.7 Å². The van der Waals surface area contributed by atoms with Gasteiger partial charge in [-0.3, -0.25) is 4.79 Å². The van der Waals surface area contributed by atoms with E-state index in [0.29, 0.717) is 12.4 Å². The predicted octanol–water partition coefficient (Wildman–Crippen LogP) is 5.20. The third-order valence-electron chi connectivity index (χ3n) is 3.35. The number of halogens is 1. The number of hydrogen-bond acceptors (Lipinski definition) is 3. The van der Waals surface area contributed by atoms with Crippen molar-refractivity contribution in [2.45, 2.75) is 66.7 Å². The first kappa shape index (κ1) is 20.4. The van der Waals surface area contributed by atoms with Crippen molar-refractivity contribution >= 4 is 30.9 Å². The Kier molecular flexibility index (Phi) is 6.64. The minimum atomic E-state index is -1.18. The van der Waals surface area contributed by atoms with Crippen molar-refractivity contribution in [2.75, 3.05) is 0 Å². The van der Waals surface area contributed by atoms with Crippen LogP contribution in [0.3, 0.4) is 0 Å². The van der Waals surface area contributed by atoms with Crippen molar-refractivity contribution in [2.24, 2.45) is 5.41 Å². The summed E-state index contributed by atoms with van der Waals surface area (Å²) in [5.41, 5.74) is 1.47. The Labute approximate surface area is 150 Å². The topological polar surface area (TPSA) is 35.5 Å². The zero-order valence-electron chi connectivity index (χ0n) is 15.5. The number of hydrogen-bond donors (Lipinski definition) is 0. The number of carbonyl (C=O) groups is 1. The maximum atomic E-state index is 12.3. The highest BCUT2D eigenvalue weighted by Gasteiger charge is 2.28. The molecule has 0 spiro atoms. The molecule has 23 heavy (non-hydrogen) atoms. The largest absolute Gasteiger partial charge is 0.426 e. The van der Waals surface area contributed by atoms with Crippen LogP contribution >= 0.6 is 15.9 Å². The van der Waals surface area contributed by atoms with Gasteiger partial charge in [0.25, 0.3) is 0 Å². The summed E-state index contributed by atoms with van der Waals surface area (Å²) in [6.45, 7) is 16.8. The first-order valence-electron chi connectivity index (χ1n) is 7.99. The van der Waals surface area contributed by atoms with Crippen molar-refractivity contribution < 1.29 is 14.0 Å². The third kappa shape index (κ3) is 5.73. The van der Waals surface area contributed by atoms with E-state index < -0.39 is 14.5 Å². The van der Waals surface area contributed by atoms with Crippen LogP contribution in [0.1, 0.15) is 52.7 Å². The Morgan fingerprint density at radius 1 is 1.13 bits per heavy atom. The SMILES string of the molecule is C[SiH](C)OCc1c(OC(=O)C(C)(C)C)ccc(Br)c1C(C)(C)C. The molecule has 1 aromatic carbocycles. The molecule has 5 heteroatoms. The lowest BCUT2D eigenvalue weighted by molar-refractivity contribution is -0.143. The molecule has 0 fully saturated rings. The highest BCUT2D eigenvalue weighted by atomic mass is 79.9. The average molecular weight is 401 g/mol. The van der Waals surface area contributed by atoms with E-state index in [9.17, 15) is 4.79 Å². The van der Waals surface area contributed by atoms with Crippen molar-refractivity contribution in [3.05, 3.63) is 27.7 Å². The first-order chi connectivity index (χ1) is 10.3. The highest BCUT2D eigenvalue weighted by molar-refractivity contribution is 9.10. The lowest BCUT2D eigenvalue weighted by Gasteiger charge is -2.27. The molecule has 0 bridgehead atoms. The van der Waals surface area contributed by atoms with Crippen molar-refractivity contribution in [1.82, 2.24) is 0 Å². The first-order valence-corrected chi connectivity index (χ1v) is 11.6. The molecule has 3 nitrogen and oxygen atoms in total. The van der Waals surface area contributed by atoms with Crippen molar-refractivity contribution in [1.29, 1.82) is 0 Å². The second-order valence-corrected chi connectivity index (χ2v) is 11.4. The predicted molar refractivity (Wildman–Crippen MR) is 102 cm³/mol. The molecule has 1 rings (SSSR count). The molecule has 0 saturated carbocycles. The second kappa shape index (κ2) is 7.49. The molecule has 0 unspecified atom stereocenters. The lowest BCUT2D eigenvalue weighted by Crippen LogP contribution is -2.27. The van der Waals surface area contributed by atoms with Gasteiger partial charge in [-0.15, -0.1) is 0 Å². The van der Waals surface area contributed by atoms with Gasteiger partial charge in [0, 0.05) is 10.0 Å². The van der Waals surface area contributed by atoms with Crippen LogP contribution in [0, 0.1) is 5.41 Å². The Balaban J connectivity index is 3.37. The second-order valence-electron chi connectivity index (χ2n) is 8.15. The Morgan fingerprint density at radius 2 is 1.70 bits per heavy atom. The summed E-state index contributed by atoms with van der Waals surface area (Å²) in [6.07, 6.45) is 0. The van der Waals surface area contributed by atoms with Gasteiger partial charge in [0.15, 0.2) is 9.04 Å². The maximum Gasteiger partial charge on any atom is 0.316 e. The molecular weight excluding hydrogens is 372 g/mol. The molecule has 130 valence electrons. The maximum absolute atomic E-state index is 12.3. The summed E-state index contributed by atoms with van der Waals surface area (Å²) in [4.78, 5) is 12.3. The van der Waals surface area contributed by atoms with Gasteiger partial charge >= 0.3 is 5.97 Å². The van der Waals surface area contributed by atoms with Crippen LogP contribution in [-0.4, -0.2) is 15.0 Å². The molecule has 0 atom stereocenters. The average Bonchev–Trinajstić information content (AvgIpc) is 2.35. The Hall–Kier alpha value is -0.653. The zero-order chi connectivity index (χ0) is 18.0. The zero-order valence-corrected chi connectivity index (χ0v) is 18.3. The quantitative estimate of drug-likeness (QED) is 0.395. The smallest absolute Gasteiger partial charge is 0.316 e. The van der Waals surface area contributed by atoms with Crippen LogP contribution in [-0.2, 0) is 21.2 Å². The fourth-order valence-corrected chi connectivity index (χ4v) is 3.62. The fraction of sp³-hybridized carbons (Fsp3) is 0.611. The summed E-state index contributed by atoms with van der Waals surface area (Å²) >= 11 is 3.65. The van der Waals surface area contributed by atoms with Gasteiger partial charge in [-0.05, 0) is 57.0 Å². The summed E-state index contributed by atoms with van der Waals surface area (Å²) in [5.74, 6) is 0.371. The minimum Gasteiger partial charge on any atom is -0.426 e. The standard InChI is InChI=1S/C18H29BrO3Si/c1-17(2,3)15-12(11-21-23(7)8)14(10-9-13(15)19)22-16(20)18(4,5)6/h9-10,23H,11H2,1-8H3. The van der Waals surface area contributed by atoms with E-state index in [1.165, 1.54) is 0 Å². The lowest BCUT2D eigenvalue weighted by atomic mass is 9.83. The molecular formula is C18H29BrO3Si. The summed E-state index contributed by atoms with van der Waals surface area (Å²) < 4.78 is 12.7. The van der Waals surface area contributed by atoms with Gasteiger partial charge in [0.2, 0.25) is 0 Å². The molecule has 1 aromatic rings.